The largest absolute Gasteiger partial charge is 0.372 e. The number of ether oxygens (including phenoxy) is 1. The Hall–Kier alpha value is -3.34. The molecule has 11 heteroatoms. The van der Waals surface area contributed by atoms with Gasteiger partial charge in [0.1, 0.15) is 11.8 Å². The third kappa shape index (κ3) is 3.72. The number of rotatable bonds is 4. The minimum absolute atomic E-state index is 0.0231. The second-order valence-electron chi connectivity index (χ2n) is 8.53. The highest BCUT2D eigenvalue weighted by Crippen LogP contribution is 2.37. The number of nitrogens with zero attached hydrogens (tertiary/aromatic N) is 8. The van der Waals surface area contributed by atoms with Crippen LogP contribution >= 0.6 is 0 Å². The van der Waals surface area contributed by atoms with Gasteiger partial charge in [0.25, 0.3) is 0 Å². The van der Waals surface area contributed by atoms with Gasteiger partial charge in [0.05, 0.1) is 28.7 Å². The number of hydrogen-bond acceptors (Lipinski definition) is 9. The van der Waals surface area contributed by atoms with E-state index in [2.05, 4.69) is 20.3 Å². The van der Waals surface area contributed by atoms with Gasteiger partial charge in [-0.25, -0.2) is 14.6 Å². The summed E-state index contributed by atoms with van der Waals surface area (Å²) in [5.41, 5.74) is 1.86. The van der Waals surface area contributed by atoms with Gasteiger partial charge in [-0.2, -0.15) is 0 Å². The number of benzene rings is 1. The lowest BCUT2D eigenvalue weighted by molar-refractivity contribution is -0.383. The maximum Gasteiger partial charge on any atom is 0.353 e. The maximum absolute atomic E-state index is 12.1. The fourth-order valence-electron chi connectivity index (χ4n) is 4.82. The van der Waals surface area contributed by atoms with E-state index in [-0.39, 0.29) is 28.9 Å². The van der Waals surface area contributed by atoms with E-state index in [1.54, 1.807) is 0 Å². The van der Waals surface area contributed by atoms with Crippen molar-refractivity contribution in [2.45, 2.75) is 44.9 Å². The second kappa shape index (κ2) is 8.30. The molecule has 1 aromatic carbocycles. The van der Waals surface area contributed by atoms with Gasteiger partial charge in [0.2, 0.25) is 11.6 Å². The molecule has 0 saturated carbocycles. The Labute approximate surface area is 185 Å². The molecule has 4 heterocycles. The molecule has 2 fully saturated rings. The number of anilines is 2. The predicted octanol–water partition coefficient (Wildman–Crippen LogP) is 2.58. The van der Waals surface area contributed by atoms with Crippen molar-refractivity contribution in [1.29, 1.82) is 0 Å². The molecule has 2 unspecified atom stereocenters. The molecular weight excluding hydrogens is 412 g/mol. The summed E-state index contributed by atoms with van der Waals surface area (Å²) in [6.07, 6.45) is 2.99. The SMILES string of the molecule is CC1CN(c2ncnc(N3CCC(n4nnc5ccccc54)CC3)c2[N+](=O)[O-])CC(C)O1. The first-order valence-corrected chi connectivity index (χ1v) is 11.0. The predicted molar refractivity (Wildman–Crippen MR) is 119 cm³/mol. The molecule has 2 aliphatic rings. The first-order valence-electron chi connectivity index (χ1n) is 11.0. The van der Waals surface area contributed by atoms with Gasteiger partial charge in [-0.15, -0.1) is 5.10 Å². The van der Waals surface area contributed by atoms with E-state index in [1.807, 2.05) is 52.6 Å². The van der Waals surface area contributed by atoms with E-state index in [0.29, 0.717) is 37.8 Å². The number of morpholine rings is 1. The van der Waals surface area contributed by atoms with Crippen molar-refractivity contribution in [2.24, 2.45) is 0 Å². The van der Waals surface area contributed by atoms with E-state index in [9.17, 15) is 10.1 Å². The summed E-state index contributed by atoms with van der Waals surface area (Å²) < 4.78 is 7.76. The van der Waals surface area contributed by atoms with Gasteiger partial charge >= 0.3 is 5.69 Å². The lowest BCUT2D eigenvalue weighted by Crippen LogP contribution is -2.46. The van der Waals surface area contributed by atoms with E-state index in [4.69, 9.17) is 4.74 Å². The molecule has 168 valence electrons. The van der Waals surface area contributed by atoms with Gasteiger partial charge in [0.15, 0.2) is 0 Å². The normalized spacial score (nSPS) is 22.4. The molecule has 3 aromatic rings. The fraction of sp³-hybridized carbons (Fsp3) is 0.524. The van der Waals surface area contributed by atoms with Crippen LogP contribution < -0.4 is 9.80 Å². The van der Waals surface area contributed by atoms with Crippen molar-refractivity contribution < 1.29 is 9.66 Å². The molecular formula is C21H26N8O3. The second-order valence-corrected chi connectivity index (χ2v) is 8.53. The van der Waals surface area contributed by atoms with Crippen molar-refractivity contribution in [3.05, 3.63) is 40.7 Å². The molecule has 0 radical (unpaired) electrons. The highest BCUT2D eigenvalue weighted by Gasteiger charge is 2.35. The fourth-order valence-corrected chi connectivity index (χ4v) is 4.82. The van der Waals surface area contributed by atoms with Crippen molar-refractivity contribution in [2.75, 3.05) is 36.0 Å². The Morgan fingerprint density at radius 3 is 2.38 bits per heavy atom. The molecule has 5 rings (SSSR count). The van der Waals surface area contributed by atoms with Crippen LogP contribution in [0.3, 0.4) is 0 Å². The number of para-hydroxylation sites is 1. The highest BCUT2D eigenvalue weighted by molar-refractivity contribution is 5.74. The summed E-state index contributed by atoms with van der Waals surface area (Å²) in [6.45, 7) is 6.34. The van der Waals surface area contributed by atoms with E-state index < -0.39 is 0 Å². The molecule has 0 bridgehead atoms. The molecule has 0 amide bonds. The molecule has 2 saturated heterocycles. The first kappa shape index (κ1) is 20.6. The van der Waals surface area contributed by atoms with Crippen LogP contribution in [-0.4, -0.2) is 68.3 Å². The summed E-state index contributed by atoms with van der Waals surface area (Å²) in [6, 6.07) is 8.10. The number of piperidine rings is 1. The third-order valence-corrected chi connectivity index (χ3v) is 6.17. The van der Waals surface area contributed by atoms with Crippen LogP contribution in [0.5, 0.6) is 0 Å². The standard InChI is InChI=1S/C21H26N8O3/c1-14-11-27(12-15(2)32-14)21-19(29(30)31)20(22-13-23-21)26-9-7-16(8-10-26)28-18-6-4-3-5-17(18)24-25-28/h3-6,13-16H,7-12H2,1-2H3. The van der Waals surface area contributed by atoms with E-state index in [1.165, 1.54) is 6.33 Å². The molecule has 2 aromatic heterocycles. The zero-order valence-corrected chi connectivity index (χ0v) is 18.2. The minimum atomic E-state index is -0.355. The summed E-state index contributed by atoms with van der Waals surface area (Å²) in [5, 5.41) is 20.7. The molecule has 32 heavy (non-hydrogen) atoms. The first-order chi connectivity index (χ1) is 15.5. The molecule has 2 atom stereocenters. The lowest BCUT2D eigenvalue weighted by Gasteiger charge is -2.36. The zero-order chi connectivity index (χ0) is 22.2. The van der Waals surface area contributed by atoms with Crippen LogP contribution in [0.2, 0.25) is 0 Å². The molecule has 0 aliphatic carbocycles. The average Bonchev–Trinajstić information content (AvgIpc) is 3.22. The van der Waals surface area contributed by atoms with Gasteiger partial charge in [-0.05, 0) is 38.8 Å². The summed E-state index contributed by atoms with van der Waals surface area (Å²) >= 11 is 0. The smallest absolute Gasteiger partial charge is 0.353 e. The van der Waals surface area contributed by atoms with Crippen molar-refractivity contribution >= 4 is 28.4 Å². The van der Waals surface area contributed by atoms with E-state index >= 15 is 0 Å². The molecule has 0 N–H and O–H groups in total. The third-order valence-electron chi connectivity index (χ3n) is 6.17. The molecule has 0 spiro atoms. The van der Waals surface area contributed by atoms with Gasteiger partial charge in [-0.1, -0.05) is 17.3 Å². The minimum Gasteiger partial charge on any atom is -0.372 e. The summed E-state index contributed by atoms with van der Waals surface area (Å²) in [7, 11) is 0. The number of fused-ring (bicyclic) bond motifs is 1. The molecule has 2 aliphatic heterocycles. The summed E-state index contributed by atoms with van der Waals surface area (Å²) in [5.74, 6) is 0.750. The van der Waals surface area contributed by atoms with Gasteiger partial charge in [0, 0.05) is 26.2 Å². The number of aromatic nitrogens is 5. The Bertz CT molecular complexity index is 1120. The Kier molecular flexibility index (Phi) is 5.33. The monoisotopic (exact) mass is 438 g/mol. The Balaban J connectivity index is 1.39. The van der Waals surface area contributed by atoms with Gasteiger partial charge < -0.3 is 14.5 Å². The number of nitro groups is 1. The maximum atomic E-state index is 12.1. The van der Waals surface area contributed by atoms with Crippen molar-refractivity contribution in [3.8, 4) is 0 Å². The van der Waals surface area contributed by atoms with Crippen LogP contribution in [0, 0.1) is 10.1 Å². The topological polar surface area (TPSA) is 115 Å². The van der Waals surface area contributed by atoms with Crippen LogP contribution in [0.4, 0.5) is 17.3 Å². The van der Waals surface area contributed by atoms with Crippen molar-refractivity contribution in [1.82, 2.24) is 25.0 Å². The van der Waals surface area contributed by atoms with Crippen LogP contribution in [-0.2, 0) is 4.74 Å². The van der Waals surface area contributed by atoms with Crippen LogP contribution in [0.15, 0.2) is 30.6 Å². The zero-order valence-electron chi connectivity index (χ0n) is 18.2. The molecule has 11 nitrogen and oxygen atoms in total. The van der Waals surface area contributed by atoms with Gasteiger partial charge in [-0.3, -0.25) is 10.1 Å². The Morgan fingerprint density at radius 2 is 1.69 bits per heavy atom. The Morgan fingerprint density at radius 1 is 1.03 bits per heavy atom. The van der Waals surface area contributed by atoms with Crippen LogP contribution in [0.1, 0.15) is 32.7 Å². The van der Waals surface area contributed by atoms with E-state index in [0.717, 1.165) is 23.9 Å². The lowest BCUT2D eigenvalue weighted by atomic mass is 10.0. The average molecular weight is 438 g/mol. The quantitative estimate of drug-likeness (QED) is 0.448. The van der Waals surface area contributed by atoms with Crippen LogP contribution in [0.25, 0.3) is 11.0 Å². The summed E-state index contributed by atoms with van der Waals surface area (Å²) in [4.78, 5) is 24.3. The highest BCUT2D eigenvalue weighted by atomic mass is 16.6. The van der Waals surface area contributed by atoms with Crippen molar-refractivity contribution in [3.63, 3.8) is 0 Å². The number of hydrogen-bond donors (Lipinski definition) is 0.